The van der Waals surface area contributed by atoms with Crippen molar-refractivity contribution in [3.05, 3.63) is 66.2 Å². The van der Waals surface area contributed by atoms with Gasteiger partial charge in [-0.15, -0.1) is 0 Å². The average molecular weight is 320 g/mol. The van der Waals surface area contributed by atoms with Gasteiger partial charge in [-0.05, 0) is 54.4 Å². The summed E-state index contributed by atoms with van der Waals surface area (Å²) < 4.78 is 0. The van der Waals surface area contributed by atoms with E-state index in [1.165, 1.54) is 5.56 Å². The smallest absolute Gasteiger partial charge is 0.139 e. The molecule has 0 fully saturated rings. The van der Waals surface area contributed by atoms with Gasteiger partial charge in [-0.2, -0.15) is 0 Å². The molecule has 0 aliphatic heterocycles. The van der Waals surface area contributed by atoms with Crippen molar-refractivity contribution >= 4 is 17.1 Å². The van der Waals surface area contributed by atoms with Crippen molar-refractivity contribution in [2.24, 2.45) is 0 Å². The zero-order chi connectivity index (χ0) is 17.1. The molecule has 0 aliphatic carbocycles. The highest BCUT2D eigenvalue weighted by Gasteiger charge is 2.07. The molecule has 24 heavy (non-hydrogen) atoms. The maximum Gasteiger partial charge on any atom is 0.139 e. The highest BCUT2D eigenvalue weighted by molar-refractivity contribution is 5.76. The first-order valence-corrected chi connectivity index (χ1v) is 7.74. The van der Waals surface area contributed by atoms with Gasteiger partial charge in [-0.3, -0.25) is 0 Å². The van der Waals surface area contributed by atoms with Crippen LogP contribution in [0, 0.1) is 6.92 Å². The van der Waals surface area contributed by atoms with Gasteiger partial charge in [-0.1, -0.05) is 29.8 Å². The summed E-state index contributed by atoms with van der Waals surface area (Å²) in [6, 6.07) is 18.8. The SMILES string of the molecule is CNc1ccc(-c2ccc(Nc3ccc(C)cc3)c(O)c2)cc1O. The number of phenols is 2. The summed E-state index contributed by atoms with van der Waals surface area (Å²) in [4.78, 5) is 0. The molecule has 0 atom stereocenters. The molecular formula is C20H20N2O2. The van der Waals surface area contributed by atoms with Crippen molar-refractivity contribution in [1.29, 1.82) is 0 Å². The number of aromatic hydroxyl groups is 2. The minimum atomic E-state index is 0.158. The number of hydrogen-bond acceptors (Lipinski definition) is 4. The quantitative estimate of drug-likeness (QED) is 0.518. The second-order valence-electron chi connectivity index (χ2n) is 5.70. The Morgan fingerprint density at radius 2 is 1.25 bits per heavy atom. The van der Waals surface area contributed by atoms with Gasteiger partial charge in [-0.25, -0.2) is 0 Å². The number of aryl methyl sites for hydroxylation is 1. The van der Waals surface area contributed by atoms with Crippen molar-refractivity contribution in [2.75, 3.05) is 17.7 Å². The predicted octanol–water partition coefficient (Wildman–Crippen LogP) is 4.86. The normalized spacial score (nSPS) is 10.4. The number of rotatable bonds is 4. The van der Waals surface area contributed by atoms with Crippen LogP contribution in [0.25, 0.3) is 11.1 Å². The molecule has 0 saturated heterocycles. The van der Waals surface area contributed by atoms with E-state index in [1.54, 1.807) is 25.2 Å². The van der Waals surface area contributed by atoms with E-state index in [0.29, 0.717) is 11.4 Å². The molecule has 0 unspecified atom stereocenters. The second kappa shape index (κ2) is 6.54. The van der Waals surface area contributed by atoms with Crippen LogP contribution in [0.1, 0.15) is 5.56 Å². The fraction of sp³-hybridized carbons (Fsp3) is 0.100. The van der Waals surface area contributed by atoms with Gasteiger partial charge in [0.2, 0.25) is 0 Å². The first-order chi connectivity index (χ1) is 11.6. The third-order valence-corrected chi connectivity index (χ3v) is 3.93. The van der Waals surface area contributed by atoms with E-state index in [4.69, 9.17) is 0 Å². The molecule has 0 bridgehead atoms. The van der Waals surface area contributed by atoms with Crippen LogP contribution < -0.4 is 10.6 Å². The van der Waals surface area contributed by atoms with Gasteiger partial charge in [0.25, 0.3) is 0 Å². The summed E-state index contributed by atoms with van der Waals surface area (Å²) in [5.74, 6) is 0.335. The average Bonchev–Trinajstić information content (AvgIpc) is 2.58. The van der Waals surface area contributed by atoms with Crippen LogP contribution in [0.3, 0.4) is 0 Å². The molecule has 4 N–H and O–H groups in total. The van der Waals surface area contributed by atoms with E-state index >= 15 is 0 Å². The zero-order valence-electron chi connectivity index (χ0n) is 13.7. The lowest BCUT2D eigenvalue weighted by Gasteiger charge is -2.11. The Kier molecular flexibility index (Phi) is 4.29. The molecule has 4 nitrogen and oxygen atoms in total. The van der Waals surface area contributed by atoms with Crippen molar-refractivity contribution in [2.45, 2.75) is 6.92 Å². The standard InChI is InChI=1S/C20H20N2O2/c1-13-3-7-16(8-4-13)22-18-10-6-15(12-20(18)24)14-5-9-17(21-2)19(23)11-14/h3-12,21-24H,1-2H3. The van der Waals surface area contributed by atoms with Crippen LogP contribution in [0.15, 0.2) is 60.7 Å². The fourth-order valence-corrected chi connectivity index (χ4v) is 2.53. The van der Waals surface area contributed by atoms with Gasteiger partial charge in [0.05, 0.1) is 11.4 Å². The summed E-state index contributed by atoms with van der Waals surface area (Å²) in [6.45, 7) is 2.03. The Labute approximate surface area is 141 Å². The maximum atomic E-state index is 10.3. The maximum absolute atomic E-state index is 10.3. The number of nitrogens with one attached hydrogen (secondary N) is 2. The highest BCUT2D eigenvalue weighted by atomic mass is 16.3. The molecular weight excluding hydrogens is 300 g/mol. The lowest BCUT2D eigenvalue weighted by atomic mass is 10.0. The monoisotopic (exact) mass is 320 g/mol. The summed E-state index contributed by atoms with van der Waals surface area (Å²) in [6.07, 6.45) is 0. The molecule has 0 spiro atoms. The van der Waals surface area contributed by atoms with Crippen molar-refractivity contribution in [3.63, 3.8) is 0 Å². The van der Waals surface area contributed by atoms with Gasteiger partial charge in [0.15, 0.2) is 0 Å². The van der Waals surface area contributed by atoms with E-state index in [1.807, 2.05) is 49.4 Å². The minimum absolute atomic E-state index is 0.158. The van der Waals surface area contributed by atoms with Crippen molar-refractivity contribution in [3.8, 4) is 22.6 Å². The van der Waals surface area contributed by atoms with Gasteiger partial charge < -0.3 is 20.8 Å². The predicted molar refractivity (Wildman–Crippen MR) is 99.2 cm³/mol. The summed E-state index contributed by atoms with van der Waals surface area (Å²) in [7, 11) is 1.76. The Balaban J connectivity index is 1.86. The molecule has 0 radical (unpaired) electrons. The number of hydrogen-bond donors (Lipinski definition) is 4. The van der Waals surface area contributed by atoms with Crippen LogP contribution >= 0.6 is 0 Å². The van der Waals surface area contributed by atoms with Gasteiger partial charge >= 0.3 is 0 Å². The van der Waals surface area contributed by atoms with Gasteiger partial charge in [0.1, 0.15) is 11.5 Å². The largest absolute Gasteiger partial charge is 0.506 e. The Morgan fingerprint density at radius 3 is 1.75 bits per heavy atom. The first-order valence-electron chi connectivity index (χ1n) is 7.74. The Morgan fingerprint density at radius 1 is 0.708 bits per heavy atom. The molecule has 0 amide bonds. The van der Waals surface area contributed by atoms with E-state index in [-0.39, 0.29) is 11.5 Å². The Bertz CT molecular complexity index is 858. The summed E-state index contributed by atoms with van der Waals surface area (Å²) in [5, 5.41) is 26.4. The number of benzene rings is 3. The van der Waals surface area contributed by atoms with Crippen LogP contribution in [-0.4, -0.2) is 17.3 Å². The topological polar surface area (TPSA) is 64.5 Å². The fourth-order valence-electron chi connectivity index (χ4n) is 2.53. The summed E-state index contributed by atoms with van der Waals surface area (Å²) >= 11 is 0. The molecule has 122 valence electrons. The van der Waals surface area contributed by atoms with Crippen LogP contribution in [0.5, 0.6) is 11.5 Å². The van der Waals surface area contributed by atoms with E-state index < -0.39 is 0 Å². The zero-order valence-corrected chi connectivity index (χ0v) is 13.7. The Hall–Kier alpha value is -3.14. The van der Waals surface area contributed by atoms with Crippen LogP contribution in [0.2, 0.25) is 0 Å². The van der Waals surface area contributed by atoms with E-state index in [2.05, 4.69) is 10.6 Å². The molecule has 3 rings (SSSR count). The molecule has 0 heterocycles. The van der Waals surface area contributed by atoms with Crippen molar-refractivity contribution in [1.82, 2.24) is 0 Å². The molecule has 0 saturated carbocycles. The van der Waals surface area contributed by atoms with Crippen LogP contribution in [0.4, 0.5) is 17.1 Å². The lowest BCUT2D eigenvalue weighted by Crippen LogP contribution is -1.92. The second-order valence-corrected chi connectivity index (χ2v) is 5.70. The summed E-state index contributed by atoms with van der Waals surface area (Å²) in [5.41, 5.74) is 5.08. The van der Waals surface area contributed by atoms with Gasteiger partial charge in [0, 0.05) is 12.7 Å². The van der Waals surface area contributed by atoms with E-state index in [0.717, 1.165) is 16.8 Å². The molecule has 3 aromatic rings. The molecule has 0 aliphatic rings. The first kappa shape index (κ1) is 15.7. The van der Waals surface area contributed by atoms with Crippen molar-refractivity contribution < 1.29 is 10.2 Å². The van der Waals surface area contributed by atoms with Crippen LogP contribution in [-0.2, 0) is 0 Å². The highest BCUT2D eigenvalue weighted by Crippen LogP contribution is 2.34. The lowest BCUT2D eigenvalue weighted by molar-refractivity contribution is 0.476. The molecule has 3 aromatic carbocycles. The molecule has 0 aromatic heterocycles. The number of anilines is 3. The molecule has 4 heteroatoms. The third kappa shape index (κ3) is 3.27. The minimum Gasteiger partial charge on any atom is -0.506 e. The number of phenolic OH excluding ortho intramolecular Hbond substituents is 2. The third-order valence-electron chi connectivity index (χ3n) is 3.93. The van der Waals surface area contributed by atoms with E-state index in [9.17, 15) is 10.2 Å².